The van der Waals surface area contributed by atoms with Gasteiger partial charge in [-0.25, -0.2) is 0 Å². The number of guanidine groups is 1. The van der Waals surface area contributed by atoms with Crippen molar-refractivity contribution in [1.82, 2.24) is 10.2 Å². The van der Waals surface area contributed by atoms with Gasteiger partial charge in [-0.3, -0.25) is 4.99 Å². The second-order valence-electron chi connectivity index (χ2n) is 7.50. The Kier molecular flexibility index (Phi) is 12.4. The first-order chi connectivity index (χ1) is 13.8. The van der Waals surface area contributed by atoms with Crippen molar-refractivity contribution >= 4 is 41.7 Å². The zero-order chi connectivity index (χ0) is 19.4. The highest BCUT2D eigenvalue weighted by molar-refractivity contribution is 14.0. The molecule has 164 valence electrons. The SMILES string of the molecule is CCNC(=NCCCOC1CCOCC1)N1CCC(CSc2ccccc2)C1.I. The van der Waals surface area contributed by atoms with Gasteiger partial charge in [0.15, 0.2) is 5.96 Å². The van der Waals surface area contributed by atoms with Crippen LogP contribution in [-0.4, -0.2) is 68.7 Å². The van der Waals surface area contributed by atoms with Crippen LogP contribution >= 0.6 is 35.7 Å². The monoisotopic (exact) mass is 533 g/mol. The van der Waals surface area contributed by atoms with Crippen LogP contribution in [0.4, 0.5) is 0 Å². The molecule has 0 spiro atoms. The molecular formula is C22H36IN3O2S. The number of nitrogens with zero attached hydrogens (tertiary/aromatic N) is 2. The van der Waals surface area contributed by atoms with E-state index in [4.69, 9.17) is 14.5 Å². The lowest BCUT2D eigenvalue weighted by Crippen LogP contribution is -2.40. The van der Waals surface area contributed by atoms with E-state index in [0.29, 0.717) is 6.10 Å². The van der Waals surface area contributed by atoms with E-state index in [2.05, 4.69) is 47.5 Å². The predicted octanol–water partition coefficient (Wildman–Crippen LogP) is 4.27. The number of rotatable bonds is 9. The van der Waals surface area contributed by atoms with E-state index < -0.39 is 0 Å². The number of aliphatic imine (C=N–C) groups is 1. The smallest absolute Gasteiger partial charge is 0.193 e. The Balaban J connectivity index is 0.00000300. The number of hydrogen-bond donors (Lipinski definition) is 1. The second kappa shape index (κ2) is 14.5. The predicted molar refractivity (Wildman–Crippen MR) is 133 cm³/mol. The van der Waals surface area contributed by atoms with Crippen LogP contribution < -0.4 is 5.32 Å². The van der Waals surface area contributed by atoms with Crippen LogP contribution in [0.3, 0.4) is 0 Å². The standard InChI is InChI=1S/C22H35N3O2S.HI/c1-2-23-22(24-12-6-14-27-20-10-15-26-16-11-20)25-13-9-19(17-25)18-28-21-7-4-3-5-8-21;/h3-5,7-8,19-20H,2,6,9-18H2,1H3,(H,23,24);1H. The van der Waals surface area contributed by atoms with Gasteiger partial charge in [-0.15, -0.1) is 35.7 Å². The summed E-state index contributed by atoms with van der Waals surface area (Å²) in [6.45, 7) is 8.56. The van der Waals surface area contributed by atoms with Gasteiger partial charge in [0.25, 0.3) is 0 Å². The minimum absolute atomic E-state index is 0. The minimum atomic E-state index is 0. The average Bonchev–Trinajstić information content (AvgIpc) is 3.22. The number of halogens is 1. The van der Waals surface area contributed by atoms with Gasteiger partial charge in [0.1, 0.15) is 0 Å². The molecule has 1 aromatic carbocycles. The molecule has 0 aromatic heterocycles. The molecule has 0 radical (unpaired) electrons. The summed E-state index contributed by atoms with van der Waals surface area (Å²) in [7, 11) is 0. The molecule has 1 unspecified atom stereocenters. The number of ether oxygens (including phenoxy) is 2. The number of likely N-dealkylation sites (tertiary alicyclic amines) is 1. The molecule has 2 aliphatic heterocycles. The first kappa shape index (κ1) is 24.8. The molecule has 1 N–H and O–H groups in total. The lowest BCUT2D eigenvalue weighted by molar-refractivity contribution is -0.0318. The summed E-state index contributed by atoms with van der Waals surface area (Å²) in [5.41, 5.74) is 0. The lowest BCUT2D eigenvalue weighted by Gasteiger charge is -2.23. The van der Waals surface area contributed by atoms with Gasteiger partial charge in [-0.05, 0) is 50.7 Å². The lowest BCUT2D eigenvalue weighted by atomic mass is 10.1. The highest BCUT2D eigenvalue weighted by atomic mass is 127. The number of thioether (sulfide) groups is 1. The number of benzene rings is 1. The molecule has 3 rings (SSSR count). The molecule has 2 saturated heterocycles. The Morgan fingerprint density at radius 1 is 1.24 bits per heavy atom. The topological polar surface area (TPSA) is 46.1 Å². The van der Waals surface area contributed by atoms with Gasteiger partial charge >= 0.3 is 0 Å². The maximum atomic E-state index is 5.96. The van der Waals surface area contributed by atoms with Crippen LogP contribution in [0.15, 0.2) is 40.2 Å². The van der Waals surface area contributed by atoms with Crippen LogP contribution in [0.5, 0.6) is 0 Å². The highest BCUT2D eigenvalue weighted by Crippen LogP contribution is 2.25. The van der Waals surface area contributed by atoms with Crippen molar-refractivity contribution in [2.24, 2.45) is 10.9 Å². The first-order valence-corrected chi connectivity index (χ1v) is 11.7. The van der Waals surface area contributed by atoms with Crippen molar-refractivity contribution in [3.63, 3.8) is 0 Å². The molecule has 2 fully saturated rings. The van der Waals surface area contributed by atoms with Gasteiger partial charge in [0.2, 0.25) is 0 Å². The minimum Gasteiger partial charge on any atom is -0.381 e. The van der Waals surface area contributed by atoms with Crippen LogP contribution in [-0.2, 0) is 9.47 Å². The number of hydrogen-bond acceptors (Lipinski definition) is 4. The van der Waals surface area contributed by atoms with E-state index in [1.165, 1.54) is 17.1 Å². The van der Waals surface area contributed by atoms with Gasteiger partial charge in [0.05, 0.1) is 6.10 Å². The molecule has 0 bridgehead atoms. The molecule has 0 amide bonds. The molecule has 1 aromatic rings. The summed E-state index contributed by atoms with van der Waals surface area (Å²) in [6, 6.07) is 10.7. The molecule has 0 saturated carbocycles. The van der Waals surface area contributed by atoms with E-state index in [-0.39, 0.29) is 24.0 Å². The van der Waals surface area contributed by atoms with Gasteiger partial charge in [-0.1, -0.05) is 18.2 Å². The third-order valence-electron chi connectivity index (χ3n) is 5.24. The molecular weight excluding hydrogens is 497 g/mol. The average molecular weight is 534 g/mol. The zero-order valence-electron chi connectivity index (χ0n) is 17.6. The van der Waals surface area contributed by atoms with Crippen molar-refractivity contribution in [3.8, 4) is 0 Å². The zero-order valence-corrected chi connectivity index (χ0v) is 20.7. The van der Waals surface area contributed by atoms with Gasteiger partial charge in [0, 0.05) is 56.6 Å². The molecule has 2 heterocycles. The summed E-state index contributed by atoms with van der Waals surface area (Å²) < 4.78 is 11.3. The Morgan fingerprint density at radius 3 is 2.79 bits per heavy atom. The van der Waals surface area contributed by atoms with Crippen molar-refractivity contribution in [2.75, 3.05) is 51.8 Å². The summed E-state index contributed by atoms with van der Waals surface area (Å²) in [5.74, 6) is 2.98. The molecule has 29 heavy (non-hydrogen) atoms. The van der Waals surface area contributed by atoms with Crippen LogP contribution in [0.25, 0.3) is 0 Å². The van der Waals surface area contributed by atoms with Crippen molar-refractivity contribution in [2.45, 2.75) is 43.6 Å². The highest BCUT2D eigenvalue weighted by Gasteiger charge is 2.24. The van der Waals surface area contributed by atoms with E-state index >= 15 is 0 Å². The summed E-state index contributed by atoms with van der Waals surface area (Å²) in [5, 5.41) is 3.47. The van der Waals surface area contributed by atoms with E-state index in [1.54, 1.807) is 0 Å². The summed E-state index contributed by atoms with van der Waals surface area (Å²) in [6.07, 6.45) is 4.67. The maximum absolute atomic E-state index is 5.96. The normalized spacial score (nSPS) is 20.5. The Bertz CT molecular complexity index is 585. The Labute approximate surface area is 197 Å². The fraction of sp³-hybridized carbons (Fsp3) is 0.682. The van der Waals surface area contributed by atoms with E-state index in [0.717, 1.165) is 77.1 Å². The fourth-order valence-electron chi connectivity index (χ4n) is 3.66. The molecule has 0 aliphatic carbocycles. The fourth-order valence-corrected chi connectivity index (χ4v) is 4.71. The van der Waals surface area contributed by atoms with Crippen molar-refractivity contribution < 1.29 is 9.47 Å². The molecule has 1 atom stereocenters. The molecule has 7 heteroatoms. The summed E-state index contributed by atoms with van der Waals surface area (Å²) in [4.78, 5) is 8.65. The molecule has 2 aliphatic rings. The first-order valence-electron chi connectivity index (χ1n) is 10.8. The van der Waals surface area contributed by atoms with Crippen LogP contribution in [0.1, 0.15) is 32.6 Å². The van der Waals surface area contributed by atoms with Gasteiger partial charge < -0.3 is 19.7 Å². The van der Waals surface area contributed by atoms with Crippen LogP contribution in [0.2, 0.25) is 0 Å². The van der Waals surface area contributed by atoms with E-state index in [1.807, 2.05) is 11.8 Å². The largest absolute Gasteiger partial charge is 0.381 e. The number of nitrogens with one attached hydrogen (secondary N) is 1. The Hall–Kier alpha value is -0.510. The quantitative estimate of drug-likeness (QED) is 0.169. The third-order valence-corrected chi connectivity index (χ3v) is 6.48. The van der Waals surface area contributed by atoms with Crippen molar-refractivity contribution in [1.29, 1.82) is 0 Å². The third kappa shape index (κ3) is 9.02. The maximum Gasteiger partial charge on any atom is 0.193 e. The molecule has 5 nitrogen and oxygen atoms in total. The van der Waals surface area contributed by atoms with Crippen LogP contribution in [0, 0.1) is 5.92 Å². The van der Waals surface area contributed by atoms with Crippen molar-refractivity contribution in [3.05, 3.63) is 30.3 Å². The van der Waals surface area contributed by atoms with Gasteiger partial charge in [-0.2, -0.15) is 0 Å². The van der Waals surface area contributed by atoms with E-state index in [9.17, 15) is 0 Å². The Morgan fingerprint density at radius 2 is 2.03 bits per heavy atom. The summed E-state index contributed by atoms with van der Waals surface area (Å²) >= 11 is 1.97. The second-order valence-corrected chi connectivity index (χ2v) is 8.59.